The third-order valence-corrected chi connectivity index (χ3v) is 0.287. The first kappa shape index (κ1) is 10.7. The van der Waals surface area contributed by atoms with Gasteiger partial charge in [0.25, 0.3) is 0 Å². The molecule has 0 fully saturated rings. The van der Waals surface area contributed by atoms with Crippen LogP contribution in [0.4, 0.5) is 0 Å². The van der Waals surface area contributed by atoms with E-state index >= 15 is 0 Å². The third kappa shape index (κ3) is 9.23. The number of hydrogen-bond donors (Lipinski definition) is 0. The Kier molecular flexibility index (Phi) is 6.56. The van der Waals surface area contributed by atoms with Crippen molar-refractivity contribution >= 4 is 11.9 Å². The average Bonchev–Trinajstić information content (AvgIpc) is 1.27. The smallest absolute Gasteiger partial charge is 0.394 e. The Balaban J connectivity index is 0. The average molecular weight is 205 g/mol. The van der Waals surface area contributed by atoms with E-state index < -0.39 is 11.9 Å². The fraction of sp³-hybridized carbons (Fsp3) is 0.500. The van der Waals surface area contributed by atoms with Gasteiger partial charge in [0.1, 0.15) is 0 Å². The predicted octanol–water partition coefficient (Wildman–Crippen LogP) is 0.0935. The van der Waals surface area contributed by atoms with Crippen LogP contribution in [0.25, 0.3) is 0 Å². The first-order valence-electron chi connectivity index (χ1n) is 1.82. The topological polar surface area (TPSA) is 43.4 Å². The van der Waals surface area contributed by atoms with Gasteiger partial charge in [0.2, 0.25) is 0 Å². The molecule has 4 heteroatoms. The van der Waals surface area contributed by atoms with Crippen molar-refractivity contribution in [2.75, 3.05) is 0 Å². The fourth-order valence-corrected chi connectivity index (χ4v) is 0.202. The maximum atomic E-state index is 9.81. The van der Waals surface area contributed by atoms with Crippen LogP contribution in [0.5, 0.6) is 0 Å². The molecule has 0 aliphatic carbocycles. The Hall–Kier alpha value is -0.237. The van der Waals surface area contributed by atoms with Crippen molar-refractivity contribution < 1.29 is 33.8 Å². The predicted molar refractivity (Wildman–Crippen MR) is 22.4 cm³/mol. The molecule has 0 amide bonds. The quantitative estimate of drug-likeness (QED) is 0.320. The van der Waals surface area contributed by atoms with Gasteiger partial charge in [-0.3, -0.25) is 9.59 Å². The van der Waals surface area contributed by atoms with Gasteiger partial charge in [-0.2, -0.15) is 0 Å². The molecule has 0 spiro atoms. The summed E-state index contributed by atoms with van der Waals surface area (Å²) in [4.78, 5) is 19.6. The van der Waals surface area contributed by atoms with Crippen molar-refractivity contribution in [2.24, 2.45) is 0 Å². The molecule has 8 heavy (non-hydrogen) atoms. The molecule has 0 atom stereocenters. The summed E-state index contributed by atoms with van der Waals surface area (Å²) < 4.78 is 3.97. The zero-order valence-electron chi connectivity index (χ0n) is 4.56. The zero-order valence-corrected chi connectivity index (χ0v) is 6.20. The molecule has 3 nitrogen and oxygen atoms in total. The first-order valence-corrected chi connectivity index (χ1v) is 1.82. The standard InChI is InChI=1S/C4H6O3.Rh/c1-3(5)7-4(2)6;/h1-2H3;/q;+3. The van der Waals surface area contributed by atoms with E-state index in [1.807, 2.05) is 0 Å². The van der Waals surface area contributed by atoms with E-state index in [4.69, 9.17) is 0 Å². The van der Waals surface area contributed by atoms with Crippen molar-refractivity contribution in [2.45, 2.75) is 13.8 Å². The van der Waals surface area contributed by atoms with Crippen LogP contribution in [0.3, 0.4) is 0 Å². The van der Waals surface area contributed by atoms with Crippen LogP contribution in [-0.4, -0.2) is 11.9 Å². The maximum absolute atomic E-state index is 9.81. The van der Waals surface area contributed by atoms with Gasteiger partial charge in [0, 0.05) is 13.8 Å². The van der Waals surface area contributed by atoms with Crippen molar-refractivity contribution in [3.05, 3.63) is 0 Å². The third-order valence-electron chi connectivity index (χ3n) is 0.287. The summed E-state index contributed by atoms with van der Waals surface area (Å²) in [7, 11) is 0. The number of ether oxygens (including phenoxy) is 1. The molecule has 0 N–H and O–H groups in total. The number of esters is 2. The molecule has 0 bridgehead atoms. The normalized spacial score (nSPS) is 6.75. The molecular formula is C4H6O3Rh+3. The molecule has 0 rings (SSSR count). The molecule has 0 aliphatic heterocycles. The van der Waals surface area contributed by atoms with Crippen molar-refractivity contribution in [3.63, 3.8) is 0 Å². The number of hydrogen-bond acceptors (Lipinski definition) is 3. The van der Waals surface area contributed by atoms with E-state index in [1.54, 1.807) is 0 Å². The largest absolute Gasteiger partial charge is 3.00 e. The van der Waals surface area contributed by atoms with Crippen LogP contribution >= 0.6 is 0 Å². The zero-order chi connectivity index (χ0) is 5.86. The summed E-state index contributed by atoms with van der Waals surface area (Å²) in [5.41, 5.74) is 0. The summed E-state index contributed by atoms with van der Waals surface area (Å²) in [6.45, 7) is 2.36. The first-order chi connectivity index (χ1) is 3.13. The molecule has 0 saturated heterocycles. The molecule has 0 aromatic carbocycles. The fourth-order valence-electron chi connectivity index (χ4n) is 0.202. The van der Waals surface area contributed by atoms with Crippen LogP contribution in [-0.2, 0) is 33.8 Å². The van der Waals surface area contributed by atoms with Gasteiger partial charge in [0.05, 0.1) is 0 Å². The minimum Gasteiger partial charge on any atom is -0.394 e. The molecule has 0 radical (unpaired) electrons. The Morgan fingerprint density at radius 3 is 1.38 bits per heavy atom. The molecule has 0 unspecified atom stereocenters. The Bertz CT molecular complexity index is 87.5. The molecule has 0 aromatic heterocycles. The second kappa shape index (κ2) is 4.91. The molecule has 0 aromatic rings. The van der Waals surface area contributed by atoms with E-state index in [-0.39, 0.29) is 19.5 Å². The van der Waals surface area contributed by atoms with Crippen LogP contribution in [0.15, 0.2) is 0 Å². The van der Waals surface area contributed by atoms with Crippen molar-refractivity contribution in [1.82, 2.24) is 0 Å². The molecule has 0 saturated carbocycles. The molecule has 0 heterocycles. The number of carbonyl (C=O) groups excluding carboxylic acids is 2. The van der Waals surface area contributed by atoms with Crippen molar-refractivity contribution in [1.29, 1.82) is 0 Å². The maximum Gasteiger partial charge on any atom is 3.00 e. The van der Waals surface area contributed by atoms with Gasteiger partial charge in [-0.15, -0.1) is 0 Å². The van der Waals surface area contributed by atoms with E-state index in [9.17, 15) is 9.59 Å². The summed E-state index contributed by atoms with van der Waals surface area (Å²) in [5, 5.41) is 0. The number of carbonyl (C=O) groups is 2. The second-order valence-electron chi connectivity index (χ2n) is 1.09. The van der Waals surface area contributed by atoms with E-state index in [0.29, 0.717) is 0 Å². The summed E-state index contributed by atoms with van der Waals surface area (Å²) in [5.74, 6) is -1.12. The monoisotopic (exact) mass is 205 g/mol. The Morgan fingerprint density at radius 1 is 1.12 bits per heavy atom. The van der Waals surface area contributed by atoms with Crippen LogP contribution in [0.2, 0.25) is 0 Å². The van der Waals surface area contributed by atoms with Crippen LogP contribution < -0.4 is 0 Å². The Labute approximate surface area is 60.2 Å². The van der Waals surface area contributed by atoms with Crippen molar-refractivity contribution in [3.8, 4) is 0 Å². The van der Waals surface area contributed by atoms with E-state index in [1.165, 1.54) is 13.8 Å². The second-order valence-corrected chi connectivity index (χ2v) is 1.09. The summed E-state index contributed by atoms with van der Waals surface area (Å²) >= 11 is 0. The van der Waals surface area contributed by atoms with Gasteiger partial charge in [-0.25, -0.2) is 0 Å². The van der Waals surface area contributed by atoms with Gasteiger partial charge >= 0.3 is 31.4 Å². The number of rotatable bonds is 0. The van der Waals surface area contributed by atoms with Crippen LogP contribution in [0, 0.1) is 0 Å². The SMILES string of the molecule is CC(=O)OC(C)=O.[Rh+3]. The van der Waals surface area contributed by atoms with Crippen LogP contribution in [0.1, 0.15) is 13.8 Å². The summed E-state index contributed by atoms with van der Waals surface area (Å²) in [6.07, 6.45) is 0. The molecule has 46 valence electrons. The van der Waals surface area contributed by atoms with Gasteiger partial charge in [0.15, 0.2) is 0 Å². The minimum absolute atomic E-state index is 0. The van der Waals surface area contributed by atoms with Gasteiger partial charge in [-0.05, 0) is 0 Å². The summed E-state index contributed by atoms with van der Waals surface area (Å²) in [6, 6.07) is 0. The molecule has 0 aliphatic rings. The Morgan fingerprint density at radius 2 is 1.38 bits per heavy atom. The van der Waals surface area contributed by atoms with Gasteiger partial charge in [-0.1, -0.05) is 0 Å². The molecular weight excluding hydrogens is 199 g/mol. The van der Waals surface area contributed by atoms with E-state index in [0.717, 1.165) is 0 Å². The van der Waals surface area contributed by atoms with E-state index in [2.05, 4.69) is 4.74 Å². The van der Waals surface area contributed by atoms with Gasteiger partial charge < -0.3 is 4.74 Å². The minimum atomic E-state index is -0.562.